The van der Waals surface area contributed by atoms with Gasteiger partial charge in [-0.05, 0) is 17.2 Å². The first-order chi connectivity index (χ1) is 8.88. The lowest BCUT2D eigenvalue weighted by atomic mass is 9.95. The molecule has 1 aromatic heterocycles. The number of ether oxygens (including phenoxy) is 1. The lowest BCUT2D eigenvalue weighted by molar-refractivity contribution is 0.397. The number of nitrogens with zero attached hydrogens (tertiary/aromatic N) is 2. The average Bonchev–Trinajstić information content (AvgIpc) is 2.47. The summed E-state index contributed by atoms with van der Waals surface area (Å²) < 4.78 is 5.06. The molecule has 3 rings (SSSR count). The number of hydrazone groups is 1. The van der Waals surface area contributed by atoms with E-state index in [9.17, 15) is 0 Å². The van der Waals surface area contributed by atoms with Crippen molar-refractivity contribution in [2.45, 2.75) is 6.04 Å². The van der Waals surface area contributed by atoms with Crippen LogP contribution < -0.4 is 10.2 Å². The van der Waals surface area contributed by atoms with Crippen LogP contribution in [0.4, 0.5) is 0 Å². The van der Waals surface area contributed by atoms with Gasteiger partial charge in [0.2, 0.25) is 5.88 Å². The maximum absolute atomic E-state index is 5.06. The summed E-state index contributed by atoms with van der Waals surface area (Å²) >= 11 is 0. The van der Waals surface area contributed by atoms with Gasteiger partial charge >= 0.3 is 0 Å². The van der Waals surface area contributed by atoms with Crippen molar-refractivity contribution in [3.8, 4) is 5.88 Å². The van der Waals surface area contributed by atoms with E-state index in [1.807, 2.05) is 36.7 Å². The minimum absolute atomic E-state index is 0.0459. The van der Waals surface area contributed by atoms with Gasteiger partial charge in [0.25, 0.3) is 0 Å². The topological polar surface area (TPSA) is 46.5 Å². The summed E-state index contributed by atoms with van der Waals surface area (Å²) in [4.78, 5) is 4.23. The smallest absolute Gasteiger partial charge is 0.212 e. The van der Waals surface area contributed by atoms with Crippen LogP contribution in [-0.4, -0.2) is 18.3 Å². The molecule has 4 nitrogen and oxygen atoms in total. The number of benzene rings is 1. The van der Waals surface area contributed by atoms with E-state index in [1.54, 1.807) is 7.11 Å². The quantitative estimate of drug-likeness (QED) is 0.873. The molecular formula is C14H13N3O. The highest BCUT2D eigenvalue weighted by atomic mass is 16.5. The molecule has 2 heterocycles. The Morgan fingerprint density at radius 3 is 2.83 bits per heavy atom. The molecule has 1 aliphatic heterocycles. The van der Waals surface area contributed by atoms with Gasteiger partial charge in [-0.2, -0.15) is 5.10 Å². The third-order valence-electron chi connectivity index (χ3n) is 3.02. The number of nitrogens with one attached hydrogen (secondary N) is 1. The monoisotopic (exact) mass is 239 g/mol. The second-order valence-corrected chi connectivity index (χ2v) is 4.08. The first-order valence-corrected chi connectivity index (χ1v) is 5.76. The van der Waals surface area contributed by atoms with E-state index in [1.165, 1.54) is 5.56 Å². The first-order valence-electron chi connectivity index (χ1n) is 5.76. The molecule has 0 radical (unpaired) electrons. The number of pyridine rings is 1. The van der Waals surface area contributed by atoms with E-state index < -0.39 is 0 Å². The van der Waals surface area contributed by atoms with Crippen molar-refractivity contribution in [3.05, 3.63) is 59.3 Å². The van der Waals surface area contributed by atoms with Crippen LogP contribution in [0, 0.1) is 0 Å². The Balaban J connectivity index is 1.99. The lowest BCUT2D eigenvalue weighted by Gasteiger charge is -2.22. The molecule has 1 unspecified atom stereocenters. The standard InChI is InChI=1S/C14H13N3O/c1-18-13-7-6-11(8-15-13)14-12-5-3-2-4-10(12)9-16-17-14/h2-9,14,17H,1H3. The third-order valence-corrected chi connectivity index (χ3v) is 3.02. The molecular weight excluding hydrogens is 226 g/mol. The van der Waals surface area contributed by atoms with E-state index in [0.29, 0.717) is 5.88 Å². The van der Waals surface area contributed by atoms with Crippen molar-refractivity contribution in [2.24, 2.45) is 5.10 Å². The summed E-state index contributed by atoms with van der Waals surface area (Å²) in [5.74, 6) is 0.617. The van der Waals surface area contributed by atoms with E-state index in [2.05, 4.69) is 27.6 Å². The number of hydrogen-bond donors (Lipinski definition) is 1. The molecule has 1 atom stereocenters. The minimum Gasteiger partial charge on any atom is -0.481 e. The van der Waals surface area contributed by atoms with Gasteiger partial charge < -0.3 is 4.74 Å². The van der Waals surface area contributed by atoms with Crippen molar-refractivity contribution >= 4 is 6.21 Å². The van der Waals surface area contributed by atoms with Crippen molar-refractivity contribution < 1.29 is 4.74 Å². The normalized spacial score (nSPS) is 16.8. The highest BCUT2D eigenvalue weighted by molar-refractivity contribution is 5.83. The lowest BCUT2D eigenvalue weighted by Crippen LogP contribution is -2.22. The van der Waals surface area contributed by atoms with Gasteiger partial charge in [0.05, 0.1) is 19.4 Å². The van der Waals surface area contributed by atoms with Gasteiger partial charge in [0.1, 0.15) is 0 Å². The second-order valence-electron chi connectivity index (χ2n) is 4.08. The number of rotatable bonds is 2. The van der Waals surface area contributed by atoms with Crippen molar-refractivity contribution in [1.29, 1.82) is 0 Å². The molecule has 90 valence electrons. The molecule has 0 spiro atoms. The van der Waals surface area contributed by atoms with Crippen LogP contribution in [0.3, 0.4) is 0 Å². The Bertz CT molecular complexity index is 578. The van der Waals surface area contributed by atoms with Crippen LogP contribution in [0.5, 0.6) is 5.88 Å². The SMILES string of the molecule is COc1ccc(C2NN=Cc3ccccc32)cn1. The molecule has 1 aliphatic rings. The fourth-order valence-electron chi connectivity index (χ4n) is 2.08. The molecule has 0 fully saturated rings. The van der Waals surface area contributed by atoms with Crippen LogP contribution in [0.25, 0.3) is 0 Å². The van der Waals surface area contributed by atoms with Gasteiger partial charge in [0.15, 0.2) is 0 Å². The van der Waals surface area contributed by atoms with Gasteiger partial charge in [-0.1, -0.05) is 24.3 Å². The second kappa shape index (κ2) is 4.49. The summed E-state index contributed by atoms with van der Waals surface area (Å²) in [6, 6.07) is 12.1. The predicted molar refractivity (Wildman–Crippen MR) is 69.8 cm³/mol. The number of fused-ring (bicyclic) bond motifs is 1. The third kappa shape index (κ3) is 1.82. The zero-order valence-electron chi connectivity index (χ0n) is 10.00. The summed E-state index contributed by atoms with van der Waals surface area (Å²) in [7, 11) is 1.61. The highest BCUT2D eigenvalue weighted by Gasteiger charge is 2.19. The van der Waals surface area contributed by atoms with E-state index in [-0.39, 0.29) is 6.04 Å². The minimum atomic E-state index is 0.0459. The Kier molecular flexibility index (Phi) is 2.68. The maximum atomic E-state index is 5.06. The molecule has 4 heteroatoms. The molecule has 0 aliphatic carbocycles. The molecule has 0 amide bonds. The largest absolute Gasteiger partial charge is 0.481 e. The summed E-state index contributed by atoms with van der Waals surface area (Å²) in [5, 5.41) is 4.18. The van der Waals surface area contributed by atoms with Gasteiger partial charge in [-0.3, -0.25) is 5.43 Å². The van der Waals surface area contributed by atoms with Crippen molar-refractivity contribution in [1.82, 2.24) is 10.4 Å². The zero-order valence-corrected chi connectivity index (χ0v) is 10.00. The van der Waals surface area contributed by atoms with Crippen LogP contribution >= 0.6 is 0 Å². The van der Waals surface area contributed by atoms with Crippen molar-refractivity contribution in [3.63, 3.8) is 0 Å². The van der Waals surface area contributed by atoms with Crippen LogP contribution in [0.1, 0.15) is 22.7 Å². The Morgan fingerprint density at radius 2 is 2.06 bits per heavy atom. The van der Waals surface area contributed by atoms with Gasteiger partial charge in [-0.15, -0.1) is 0 Å². The maximum Gasteiger partial charge on any atom is 0.212 e. The molecule has 0 saturated heterocycles. The van der Waals surface area contributed by atoms with Crippen LogP contribution in [0.2, 0.25) is 0 Å². The predicted octanol–water partition coefficient (Wildman–Crippen LogP) is 2.12. The van der Waals surface area contributed by atoms with Crippen LogP contribution in [-0.2, 0) is 0 Å². The van der Waals surface area contributed by atoms with Gasteiger partial charge in [-0.25, -0.2) is 4.98 Å². The number of hydrogen-bond acceptors (Lipinski definition) is 4. The van der Waals surface area contributed by atoms with Gasteiger partial charge in [0, 0.05) is 17.8 Å². The molecule has 0 bridgehead atoms. The molecule has 0 saturated carbocycles. The zero-order chi connectivity index (χ0) is 12.4. The summed E-state index contributed by atoms with van der Waals surface area (Å²) in [5.41, 5.74) is 6.53. The van der Waals surface area contributed by atoms with E-state index in [0.717, 1.165) is 11.1 Å². The Morgan fingerprint density at radius 1 is 1.17 bits per heavy atom. The molecule has 1 aromatic carbocycles. The number of aromatic nitrogens is 1. The summed E-state index contributed by atoms with van der Waals surface area (Å²) in [6.07, 6.45) is 3.65. The van der Waals surface area contributed by atoms with E-state index in [4.69, 9.17) is 4.74 Å². The molecule has 2 aromatic rings. The fraction of sp³-hybridized carbons (Fsp3) is 0.143. The van der Waals surface area contributed by atoms with Crippen molar-refractivity contribution in [2.75, 3.05) is 7.11 Å². The average molecular weight is 239 g/mol. The molecule has 18 heavy (non-hydrogen) atoms. The Labute approximate surface area is 105 Å². The fourth-order valence-corrected chi connectivity index (χ4v) is 2.08. The molecule has 1 N–H and O–H groups in total. The highest BCUT2D eigenvalue weighted by Crippen LogP contribution is 2.26. The van der Waals surface area contributed by atoms with Crippen LogP contribution in [0.15, 0.2) is 47.7 Å². The summed E-state index contributed by atoms with van der Waals surface area (Å²) in [6.45, 7) is 0. The van der Waals surface area contributed by atoms with E-state index >= 15 is 0 Å². The first kappa shape index (κ1) is 10.8. The Hall–Kier alpha value is -2.36. The number of methoxy groups -OCH3 is 1.